The van der Waals surface area contributed by atoms with Crippen LogP contribution in [0.5, 0.6) is 0 Å². The second-order valence-electron chi connectivity index (χ2n) is 6.53. The predicted molar refractivity (Wildman–Crippen MR) is 103 cm³/mol. The molecule has 0 radical (unpaired) electrons. The van der Waals surface area contributed by atoms with E-state index >= 15 is 0 Å². The van der Waals surface area contributed by atoms with Crippen molar-refractivity contribution in [2.24, 2.45) is 0 Å². The molecule has 1 fully saturated rings. The summed E-state index contributed by atoms with van der Waals surface area (Å²) in [4.78, 5) is 20.5. The van der Waals surface area contributed by atoms with Gasteiger partial charge >= 0.3 is 0 Å². The molecule has 1 N–H and O–H groups in total. The van der Waals surface area contributed by atoms with E-state index in [-0.39, 0.29) is 0 Å². The van der Waals surface area contributed by atoms with Gasteiger partial charge < -0.3 is 5.32 Å². The van der Waals surface area contributed by atoms with Crippen molar-refractivity contribution in [2.75, 3.05) is 11.9 Å². The van der Waals surface area contributed by atoms with Gasteiger partial charge in [-0.05, 0) is 38.4 Å². The number of hydrogen-bond donors (Lipinski definition) is 1. The summed E-state index contributed by atoms with van der Waals surface area (Å²) in [6.07, 6.45) is 5.34. The highest BCUT2D eigenvalue weighted by Crippen LogP contribution is 2.32. The summed E-state index contributed by atoms with van der Waals surface area (Å²) in [6, 6.07) is 8.16. The van der Waals surface area contributed by atoms with Crippen LogP contribution in [0.2, 0.25) is 0 Å². The largest absolute Gasteiger partial charge is 0.325 e. The fraction of sp³-hybridized carbons (Fsp3) is 0.368. The lowest BCUT2D eigenvalue weighted by molar-refractivity contribution is 0.135. The Morgan fingerprint density at radius 2 is 2.15 bits per heavy atom. The molecule has 3 aromatic heterocycles. The molecule has 0 bridgehead atoms. The van der Waals surface area contributed by atoms with Gasteiger partial charge in [-0.1, -0.05) is 12.5 Å². The molecule has 134 valence electrons. The molecule has 0 spiro atoms. The fourth-order valence-electron chi connectivity index (χ4n) is 3.43. The summed E-state index contributed by atoms with van der Waals surface area (Å²) in [5, 5.41) is 5.42. The van der Waals surface area contributed by atoms with E-state index in [2.05, 4.69) is 36.6 Å². The molecule has 7 heteroatoms. The van der Waals surface area contributed by atoms with Crippen molar-refractivity contribution in [3.05, 3.63) is 58.6 Å². The Hall–Kier alpha value is -2.38. The first kappa shape index (κ1) is 17.1. The Kier molecular flexibility index (Phi) is 5.17. The van der Waals surface area contributed by atoms with Crippen LogP contribution in [0.1, 0.15) is 42.5 Å². The van der Waals surface area contributed by atoms with Crippen LogP contribution in [0.15, 0.2) is 41.4 Å². The second-order valence-corrected chi connectivity index (χ2v) is 7.25. The summed E-state index contributed by atoms with van der Waals surface area (Å²) < 4.78 is 0. The standard InChI is InChI=1S/C19H22N6S/c1-14-22-16(10-19(23-14)24-18-7-2-4-8-20-18)17-6-3-5-9-25(17)11-15-12-26-13-21-15/h2,4,7-8,10,12-13,17H,3,5-6,9,11H2,1H3,(H,20,22,23,24). The SMILES string of the molecule is Cc1nc(Nc2ccccn2)cc(C2CCCCN2Cc2cscn2)n1. The summed E-state index contributed by atoms with van der Waals surface area (Å²) in [5.74, 6) is 2.37. The van der Waals surface area contributed by atoms with Crippen molar-refractivity contribution < 1.29 is 0 Å². The molecular formula is C19H22N6S. The molecule has 0 aromatic carbocycles. The number of anilines is 2. The lowest BCUT2D eigenvalue weighted by atomic mass is 9.98. The minimum Gasteiger partial charge on any atom is -0.325 e. The topological polar surface area (TPSA) is 66.8 Å². The molecule has 1 aliphatic heterocycles. The molecular weight excluding hydrogens is 344 g/mol. The van der Waals surface area contributed by atoms with E-state index in [1.165, 1.54) is 12.8 Å². The van der Waals surface area contributed by atoms with Gasteiger partial charge in [0.25, 0.3) is 0 Å². The van der Waals surface area contributed by atoms with E-state index in [1.54, 1.807) is 17.5 Å². The van der Waals surface area contributed by atoms with Crippen LogP contribution in [0, 0.1) is 6.92 Å². The smallest absolute Gasteiger partial charge is 0.135 e. The molecule has 1 unspecified atom stereocenters. The van der Waals surface area contributed by atoms with Crippen molar-refractivity contribution in [2.45, 2.75) is 38.8 Å². The molecule has 1 saturated heterocycles. The summed E-state index contributed by atoms with van der Waals surface area (Å²) in [5.41, 5.74) is 4.11. The second kappa shape index (κ2) is 7.88. The Labute approximate surface area is 157 Å². The number of nitrogens with zero attached hydrogens (tertiary/aromatic N) is 5. The van der Waals surface area contributed by atoms with E-state index in [9.17, 15) is 0 Å². The van der Waals surface area contributed by atoms with E-state index < -0.39 is 0 Å². The number of likely N-dealkylation sites (tertiary alicyclic amines) is 1. The molecule has 3 aromatic rings. The maximum atomic E-state index is 4.75. The Balaban J connectivity index is 1.58. The van der Waals surface area contributed by atoms with Crippen molar-refractivity contribution in [3.63, 3.8) is 0 Å². The molecule has 26 heavy (non-hydrogen) atoms. The number of rotatable bonds is 5. The predicted octanol–water partition coefficient (Wildman–Crippen LogP) is 4.11. The number of pyridine rings is 1. The zero-order valence-electron chi connectivity index (χ0n) is 14.8. The van der Waals surface area contributed by atoms with Crippen LogP contribution in [-0.4, -0.2) is 31.4 Å². The van der Waals surface area contributed by atoms with Crippen molar-refractivity contribution in [3.8, 4) is 0 Å². The normalized spacial score (nSPS) is 18.0. The number of nitrogens with one attached hydrogen (secondary N) is 1. The minimum absolute atomic E-state index is 0.302. The average molecular weight is 366 g/mol. The van der Waals surface area contributed by atoms with Gasteiger partial charge in [-0.3, -0.25) is 4.90 Å². The van der Waals surface area contributed by atoms with Crippen molar-refractivity contribution >= 4 is 23.0 Å². The molecule has 1 aliphatic rings. The number of thiazole rings is 1. The molecule has 6 nitrogen and oxygen atoms in total. The third kappa shape index (κ3) is 4.05. The maximum Gasteiger partial charge on any atom is 0.135 e. The van der Waals surface area contributed by atoms with Crippen LogP contribution in [0.3, 0.4) is 0 Å². The first-order chi connectivity index (χ1) is 12.8. The monoisotopic (exact) mass is 366 g/mol. The van der Waals surface area contributed by atoms with Crippen LogP contribution in [0.4, 0.5) is 11.6 Å². The molecule has 1 atom stereocenters. The Morgan fingerprint density at radius 1 is 1.19 bits per heavy atom. The van der Waals surface area contributed by atoms with Gasteiger partial charge in [-0.15, -0.1) is 11.3 Å². The molecule has 0 amide bonds. The van der Waals surface area contributed by atoms with Gasteiger partial charge in [-0.25, -0.2) is 19.9 Å². The van der Waals surface area contributed by atoms with E-state index in [4.69, 9.17) is 4.98 Å². The Morgan fingerprint density at radius 3 is 2.96 bits per heavy atom. The number of hydrogen-bond acceptors (Lipinski definition) is 7. The van der Waals surface area contributed by atoms with Crippen LogP contribution in [-0.2, 0) is 6.54 Å². The minimum atomic E-state index is 0.302. The van der Waals surface area contributed by atoms with E-state index in [0.717, 1.165) is 48.4 Å². The first-order valence-corrected chi connectivity index (χ1v) is 9.87. The number of aryl methyl sites for hydroxylation is 1. The quantitative estimate of drug-likeness (QED) is 0.733. The van der Waals surface area contributed by atoms with Crippen molar-refractivity contribution in [1.82, 2.24) is 24.8 Å². The van der Waals surface area contributed by atoms with E-state index in [0.29, 0.717) is 6.04 Å². The van der Waals surface area contributed by atoms with Crippen LogP contribution < -0.4 is 5.32 Å². The van der Waals surface area contributed by atoms with Crippen LogP contribution in [0.25, 0.3) is 0 Å². The van der Waals surface area contributed by atoms with Gasteiger partial charge in [-0.2, -0.15) is 0 Å². The molecule has 4 heterocycles. The van der Waals surface area contributed by atoms with E-state index in [1.807, 2.05) is 30.6 Å². The summed E-state index contributed by atoms with van der Waals surface area (Å²) in [7, 11) is 0. The Bertz CT molecular complexity index is 837. The highest BCUT2D eigenvalue weighted by Gasteiger charge is 2.26. The average Bonchev–Trinajstić information content (AvgIpc) is 3.16. The first-order valence-electron chi connectivity index (χ1n) is 8.93. The lowest BCUT2D eigenvalue weighted by Crippen LogP contribution is -2.33. The third-order valence-electron chi connectivity index (χ3n) is 4.58. The molecule has 0 saturated carbocycles. The molecule has 0 aliphatic carbocycles. The maximum absolute atomic E-state index is 4.75. The fourth-order valence-corrected chi connectivity index (χ4v) is 3.98. The molecule has 4 rings (SSSR count). The zero-order chi connectivity index (χ0) is 17.8. The number of piperidine rings is 1. The van der Waals surface area contributed by atoms with Crippen molar-refractivity contribution in [1.29, 1.82) is 0 Å². The van der Waals surface area contributed by atoms with Gasteiger partial charge in [0.1, 0.15) is 17.5 Å². The van der Waals surface area contributed by atoms with Crippen LogP contribution >= 0.6 is 11.3 Å². The number of aromatic nitrogens is 4. The highest BCUT2D eigenvalue weighted by atomic mass is 32.1. The highest BCUT2D eigenvalue weighted by molar-refractivity contribution is 7.07. The van der Waals surface area contributed by atoms with Gasteiger partial charge in [0.05, 0.1) is 22.9 Å². The lowest BCUT2D eigenvalue weighted by Gasteiger charge is -2.35. The van der Waals surface area contributed by atoms with Gasteiger partial charge in [0, 0.05) is 24.2 Å². The van der Waals surface area contributed by atoms with Gasteiger partial charge in [0.2, 0.25) is 0 Å². The summed E-state index contributed by atoms with van der Waals surface area (Å²) >= 11 is 1.65. The zero-order valence-corrected chi connectivity index (χ0v) is 15.6. The van der Waals surface area contributed by atoms with Gasteiger partial charge in [0.15, 0.2) is 0 Å². The summed E-state index contributed by atoms with van der Waals surface area (Å²) in [6.45, 7) is 3.90. The third-order valence-corrected chi connectivity index (χ3v) is 5.22.